The maximum absolute atomic E-state index is 10.6. The summed E-state index contributed by atoms with van der Waals surface area (Å²) in [4.78, 5) is 19.1. The van der Waals surface area contributed by atoms with Crippen molar-refractivity contribution in [1.29, 1.82) is 5.26 Å². The van der Waals surface area contributed by atoms with E-state index < -0.39 is 0 Å². The van der Waals surface area contributed by atoms with Crippen LogP contribution in [0.1, 0.15) is 24.8 Å². The zero-order valence-electron chi connectivity index (χ0n) is 17.6. The summed E-state index contributed by atoms with van der Waals surface area (Å²) < 4.78 is 0. The van der Waals surface area contributed by atoms with Gasteiger partial charge in [-0.1, -0.05) is 30.0 Å². The van der Waals surface area contributed by atoms with E-state index in [1.807, 2.05) is 53.8 Å². The Bertz CT molecular complexity index is 1040. The van der Waals surface area contributed by atoms with Crippen LogP contribution in [0.15, 0.2) is 82.8 Å². The third kappa shape index (κ3) is 5.99. The number of fused-ring (bicyclic) bond motifs is 2. The van der Waals surface area contributed by atoms with Crippen LogP contribution in [0, 0.1) is 17.4 Å². The van der Waals surface area contributed by atoms with E-state index >= 15 is 0 Å². The molecule has 3 aromatic rings. The molecule has 1 aliphatic heterocycles. The van der Waals surface area contributed by atoms with Gasteiger partial charge in [-0.2, -0.15) is 23.0 Å². The molecule has 0 N–H and O–H groups in total. The first-order chi connectivity index (χ1) is 14.8. The Hall–Kier alpha value is -2.10. The van der Waals surface area contributed by atoms with Crippen molar-refractivity contribution in [3.8, 4) is 17.3 Å². The fraction of sp³-hybridized carbons (Fsp3) is 0.240. The molecule has 1 aromatic heterocycles. The van der Waals surface area contributed by atoms with Crippen molar-refractivity contribution >= 4 is 18.0 Å². The first-order valence-electron chi connectivity index (χ1n) is 10.1. The van der Waals surface area contributed by atoms with Crippen LogP contribution in [0.2, 0.25) is 0 Å². The van der Waals surface area contributed by atoms with Gasteiger partial charge in [-0.15, -0.1) is 12.1 Å². The van der Waals surface area contributed by atoms with E-state index in [-0.39, 0.29) is 29.6 Å². The number of carbonyl (C=O) groups excluding carboxylic acids is 1. The van der Waals surface area contributed by atoms with Crippen LogP contribution in [-0.4, -0.2) is 28.8 Å². The van der Waals surface area contributed by atoms with Crippen LogP contribution in [0.4, 0.5) is 0 Å². The normalized spacial score (nSPS) is 18.4. The summed E-state index contributed by atoms with van der Waals surface area (Å²) in [6, 6.07) is 20.2. The number of hydrogen-bond acceptors (Lipinski definition) is 5. The van der Waals surface area contributed by atoms with Crippen LogP contribution in [0.25, 0.3) is 11.1 Å². The Labute approximate surface area is 210 Å². The molecule has 2 heterocycles. The Morgan fingerprint density at radius 2 is 1.84 bits per heavy atom. The van der Waals surface area contributed by atoms with E-state index in [2.05, 4.69) is 23.3 Å². The third-order valence-electron chi connectivity index (χ3n) is 5.60. The molecule has 1 aliphatic carbocycles. The molecular formula is C25H22N3NaOS. The van der Waals surface area contributed by atoms with Gasteiger partial charge in [0.25, 0.3) is 0 Å². The van der Waals surface area contributed by atoms with E-state index in [0.717, 1.165) is 28.5 Å². The van der Waals surface area contributed by atoms with Gasteiger partial charge < -0.3 is 9.69 Å². The number of nitrogens with zero attached hydrogens (tertiary/aromatic N) is 3. The summed E-state index contributed by atoms with van der Waals surface area (Å²) >= 11 is 1.70. The summed E-state index contributed by atoms with van der Waals surface area (Å²) in [5, 5.41) is 8.56. The molecule has 1 saturated carbocycles. The minimum Gasteiger partial charge on any atom is -0.376 e. The Balaban J connectivity index is 0.000000227. The molecule has 2 atom stereocenters. The molecule has 0 amide bonds. The van der Waals surface area contributed by atoms with Crippen molar-refractivity contribution in [3.63, 3.8) is 0 Å². The number of pyridine rings is 1. The maximum atomic E-state index is 10.6. The van der Waals surface area contributed by atoms with Crippen molar-refractivity contribution in [3.05, 3.63) is 78.6 Å². The van der Waals surface area contributed by atoms with E-state index in [0.29, 0.717) is 11.6 Å². The average Bonchev–Trinajstić information content (AvgIpc) is 3.44. The summed E-state index contributed by atoms with van der Waals surface area (Å²) in [6.07, 6.45) is 11.7. The monoisotopic (exact) mass is 435 g/mol. The van der Waals surface area contributed by atoms with Gasteiger partial charge in [0, 0.05) is 40.3 Å². The van der Waals surface area contributed by atoms with Gasteiger partial charge in [0.1, 0.15) is 0 Å². The van der Waals surface area contributed by atoms with Crippen molar-refractivity contribution in [2.24, 2.45) is 5.92 Å². The van der Waals surface area contributed by atoms with E-state index in [1.54, 1.807) is 30.1 Å². The van der Waals surface area contributed by atoms with Gasteiger partial charge >= 0.3 is 29.6 Å². The minimum absolute atomic E-state index is 0. The summed E-state index contributed by atoms with van der Waals surface area (Å²) in [5.41, 5.74) is 2.66. The average molecular weight is 436 g/mol. The van der Waals surface area contributed by atoms with E-state index in [1.165, 1.54) is 24.2 Å². The molecule has 2 fully saturated rings. The van der Waals surface area contributed by atoms with Gasteiger partial charge in [-0.25, -0.2) is 0 Å². The molecule has 150 valence electrons. The number of likely N-dealkylation sites (tertiary alicyclic amines) is 1. The first-order valence-corrected chi connectivity index (χ1v) is 10.9. The van der Waals surface area contributed by atoms with E-state index in [9.17, 15) is 4.79 Å². The zero-order valence-corrected chi connectivity index (χ0v) is 20.4. The molecule has 0 spiro atoms. The number of hydrogen-bond donors (Lipinski definition) is 0. The first kappa shape index (κ1) is 23.6. The largest absolute Gasteiger partial charge is 1.00 e. The predicted molar refractivity (Wildman–Crippen MR) is 118 cm³/mol. The Morgan fingerprint density at radius 1 is 1.06 bits per heavy atom. The summed E-state index contributed by atoms with van der Waals surface area (Å²) in [6.45, 7) is 1.04. The maximum Gasteiger partial charge on any atom is 1.00 e. The molecule has 2 bridgehead atoms. The topological polar surface area (TPSA) is 57.0 Å². The van der Waals surface area contributed by atoms with Gasteiger partial charge in [0.05, 0.1) is 6.29 Å². The predicted octanol–water partition coefficient (Wildman–Crippen LogP) is 2.31. The second kappa shape index (κ2) is 11.5. The van der Waals surface area contributed by atoms with Crippen LogP contribution in [0.3, 0.4) is 0 Å². The van der Waals surface area contributed by atoms with Gasteiger partial charge in [-0.05, 0) is 48.9 Å². The standard InChI is InChI=1S/C18H12NOS.C7H10N2.Na/c20-13-14-6-8-15(9-7-14)17-12-19-11-10-18(17)21-16-4-2-1-3-5-16;8-5-9-4-6-1-2-7(9)3-6;/h1-12H;6-7H,1-4H2;/q-1;;+1. The molecule has 2 aliphatic rings. The van der Waals surface area contributed by atoms with Crippen molar-refractivity contribution in [1.82, 2.24) is 9.88 Å². The third-order valence-corrected chi connectivity index (χ3v) is 6.69. The minimum atomic E-state index is 0. The molecule has 2 unspecified atom stereocenters. The Kier molecular flexibility index (Phi) is 8.74. The SMILES string of the molecule is N#CN1CC2CCC1C2.O=[C-]c1ccc(-c2cnccc2Sc2ccccc2)cc1.[Na+]. The molecule has 0 radical (unpaired) electrons. The van der Waals surface area contributed by atoms with Crippen LogP contribution >= 0.6 is 11.8 Å². The number of aromatic nitrogens is 1. The quantitative estimate of drug-likeness (QED) is 0.358. The van der Waals surface area contributed by atoms with E-state index in [4.69, 9.17) is 5.26 Å². The molecule has 1 saturated heterocycles. The number of rotatable bonds is 4. The molecular weight excluding hydrogens is 413 g/mol. The molecule has 4 nitrogen and oxygen atoms in total. The van der Waals surface area contributed by atoms with Gasteiger partial charge in [0.2, 0.25) is 0 Å². The molecule has 31 heavy (non-hydrogen) atoms. The molecule has 6 heteroatoms. The number of benzene rings is 2. The number of piperidine rings is 1. The number of nitriles is 1. The molecule has 2 aromatic carbocycles. The summed E-state index contributed by atoms with van der Waals surface area (Å²) in [5.74, 6) is 0.856. The zero-order chi connectivity index (χ0) is 20.8. The van der Waals surface area contributed by atoms with Gasteiger partial charge in [0.15, 0.2) is 6.19 Å². The molecule has 5 rings (SSSR count). The summed E-state index contributed by atoms with van der Waals surface area (Å²) in [7, 11) is 0. The smallest absolute Gasteiger partial charge is 0.376 e. The second-order valence-electron chi connectivity index (χ2n) is 7.55. The fourth-order valence-corrected chi connectivity index (χ4v) is 5.02. The second-order valence-corrected chi connectivity index (χ2v) is 8.67. The Morgan fingerprint density at radius 3 is 2.42 bits per heavy atom. The van der Waals surface area contributed by atoms with Crippen molar-refractivity contribution < 1.29 is 34.4 Å². The van der Waals surface area contributed by atoms with Crippen LogP contribution in [0.5, 0.6) is 0 Å². The van der Waals surface area contributed by atoms with Gasteiger partial charge in [-0.3, -0.25) is 4.98 Å². The van der Waals surface area contributed by atoms with Crippen molar-refractivity contribution in [2.45, 2.75) is 35.1 Å². The van der Waals surface area contributed by atoms with Crippen LogP contribution < -0.4 is 29.6 Å². The van der Waals surface area contributed by atoms with Crippen LogP contribution in [-0.2, 0) is 4.79 Å². The van der Waals surface area contributed by atoms with Crippen molar-refractivity contribution in [2.75, 3.05) is 6.54 Å². The fourth-order valence-electron chi connectivity index (χ4n) is 4.07.